The summed E-state index contributed by atoms with van der Waals surface area (Å²) in [5.41, 5.74) is 9.87. The first-order valence-electron chi connectivity index (χ1n) is 9.38. The van der Waals surface area contributed by atoms with Crippen molar-refractivity contribution in [3.63, 3.8) is 0 Å². The molecule has 6 nitrogen and oxygen atoms in total. The molecular formula is C21H25N5OS. The zero-order chi connectivity index (χ0) is 19.7. The van der Waals surface area contributed by atoms with E-state index in [1.165, 1.54) is 21.5 Å². The van der Waals surface area contributed by atoms with Gasteiger partial charge in [0, 0.05) is 51.9 Å². The number of aromatic amines is 1. The number of benzene rings is 2. The van der Waals surface area contributed by atoms with Gasteiger partial charge in [0.2, 0.25) is 0 Å². The number of nitrogens with two attached hydrogens (primary N) is 1. The molecule has 3 aromatic rings. The Morgan fingerprint density at radius 2 is 2.07 bits per heavy atom. The fourth-order valence-electron chi connectivity index (χ4n) is 3.79. The summed E-state index contributed by atoms with van der Waals surface area (Å²) in [7, 11) is 4.09. The van der Waals surface area contributed by atoms with Crippen LogP contribution in [-0.4, -0.2) is 48.5 Å². The maximum absolute atomic E-state index is 11.2. The van der Waals surface area contributed by atoms with Crippen LogP contribution in [0.5, 0.6) is 0 Å². The molecular weight excluding hydrogens is 370 g/mol. The number of nitrogens with one attached hydrogen (secondary N) is 2. The van der Waals surface area contributed by atoms with Crippen molar-refractivity contribution in [2.45, 2.75) is 17.4 Å². The van der Waals surface area contributed by atoms with Crippen LogP contribution >= 0.6 is 11.9 Å². The van der Waals surface area contributed by atoms with E-state index in [4.69, 9.17) is 5.73 Å². The lowest BCUT2D eigenvalue weighted by molar-refractivity contribution is 0.246. The molecule has 2 aromatic carbocycles. The molecule has 1 aromatic heterocycles. The van der Waals surface area contributed by atoms with Gasteiger partial charge in [-0.05, 0) is 62.8 Å². The van der Waals surface area contributed by atoms with E-state index in [0.29, 0.717) is 0 Å². The molecule has 0 spiro atoms. The number of nitrogens with zero attached hydrogens (tertiary/aromatic N) is 2. The summed E-state index contributed by atoms with van der Waals surface area (Å²) in [4.78, 5) is 18.3. The molecule has 28 heavy (non-hydrogen) atoms. The van der Waals surface area contributed by atoms with Gasteiger partial charge < -0.3 is 20.9 Å². The first-order chi connectivity index (χ1) is 13.5. The Morgan fingerprint density at radius 3 is 2.82 bits per heavy atom. The van der Waals surface area contributed by atoms with Crippen molar-refractivity contribution in [2.75, 3.05) is 32.1 Å². The van der Waals surface area contributed by atoms with Gasteiger partial charge in [-0.3, -0.25) is 4.31 Å². The summed E-state index contributed by atoms with van der Waals surface area (Å²) >= 11 is 1.70. The molecule has 0 aliphatic carbocycles. The SMILES string of the molecule is CN(C)Sc1ccc(N2CCC(NC(N)=O)C2)c(-c2cc3ccccc3[nH]2)c1. The maximum atomic E-state index is 11.2. The van der Waals surface area contributed by atoms with E-state index in [1.54, 1.807) is 11.9 Å². The van der Waals surface area contributed by atoms with Crippen LogP contribution in [0.2, 0.25) is 0 Å². The number of urea groups is 1. The van der Waals surface area contributed by atoms with Gasteiger partial charge in [0.25, 0.3) is 0 Å². The smallest absolute Gasteiger partial charge is 0.312 e. The Kier molecular flexibility index (Phi) is 5.19. The second-order valence-corrected chi connectivity index (χ2v) is 8.68. The minimum Gasteiger partial charge on any atom is -0.369 e. The van der Waals surface area contributed by atoms with Gasteiger partial charge in [-0.2, -0.15) is 0 Å². The number of para-hydroxylation sites is 1. The first kappa shape index (κ1) is 18.7. The molecule has 0 radical (unpaired) electrons. The van der Waals surface area contributed by atoms with E-state index >= 15 is 0 Å². The van der Waals surface area contributed by atoms with Crippen molar-refractivity contribution in [1.29, 1.82) is 0 Å². The fourth-order valence-corrected chi connectivity index (χ4v) is 4.51. The minimum atomic E-state index is -0.458. The minimum absolute atomic E-state index is 0.0869. The van der Waals surface area contributed by atoms with Gasteiger partial charge in [-0.25, -0.2) is 4.79 Å². The molecule has 146 valence electrons. The standard InChI is InChI=1S/C21H25N5OS/c1-25(2)28-16-7-8-20(26-10-9-15(13-26)23-21(22)27)17(12-16)19-11-14-5-3-4-6-18(14)24-19/h3-8,11-12,15,24H,9-10,13H2,1-2H3,(H3,22,23,27). The number of rotatable bonds is 5. The van der Waals surface area contributed by atoms with Crippen molar-refractivity contribution < 1.29 is 4.79 Å². The van der Waals surface area contributed by atoms with Crippen molar-refractivity contribution in [3.8, 4) is 11.3 Å². The lowest BCUT2D eigenvalue weighted by Gasteiger charge is -2.23. The van der Waals surface area contributed by atoms with Gasteiger partial charge in [0.15, 0.2) is 0 Å². The van der Waals surface area contributed by atoms with E-state index in [9.17, 15) is 4.79 Å². The maximum Gasteiger partial charge on any atom is 0.312 e. The Hall–Kier alpha value is -2.64. The fraction of sp³-hybridized carbons (Fsp3) is 0.286. The third-order valence-electron chi connectivity index (χ3n) is 4.95. The second-order valence-electron chi connectivity index (χ2n) is 7.29. The van der Waals surface area contributed by atoms with Crippen molar-refractivity contribution >= 4 is 34.6 Å². The molecule has 1 fully saturated rings. The summed E-state index contributed by atoms with van der Waals surface area (Å²) in [6.07, 6.45) is 0.892. The molecule has 1 saturated heterocycles. The second kappa shape index (κ2) is 7.77. The van der Waals surface area contributed by atoms with Gasteiger partial charge in [-0.1, -0.05) is 18.2 Å². The summed E-state index contributed by atoms with van der Waals surface area (Å²) in [6.45, 7) is 1.65. The Labute approximate surface area is 169 Å². The Morgan fingerprint density at radius 1 is 1.25 bits per heavy atom. The van der Waals surface area contributed by atoms with Crippen LogP contribution in [0.15, 0.2) is 53.4 Å². The summed E-state index contributed by atoms with van der Waals surface area (Å²) in [6, 6.07) is 16.7. The van der Waals surface area contributed by atoms with Crippen LogP contribution in [-0.2, 0) is 0 Å². The number of anilines is 1. The van der Waals surface area contributed by atoms with E-state index in [2.05, 4.69) is 62.0 Å². The van der Waals surface area contributed by atoms with Crippen LogP contribution in [0.1, 0.15) is 6.42 Å². The van der Waals surface area contributed by atoms with Gasteiger partial charge in [-0.15, -0.1) is 0 Å². The largest absolute Gasteiger partial charge is 0.369 e. The molecule has 2 heterocycles. The molecule has 1 atom stereocenters. The highest BCUT2D eigenvalue weighted by molar-refractivity contribution is 7.97. The topological polar surface area (TPSA) is 77.4 Å². The van der Waals surface area contributed by atoms with Crippen LogP contribution < -0.4 is 16.0 Å². The quantitative estimate of drug-likeness (QED) is 0.576. The third kappa shape index (κ3) is 3.95. The Bertz CT molecular complexity index is 966. The number of amides is 2. The predicted octanol–water partition coefficient (Wildman–Crippen LogP) is 3.65. The lowest BCUT2D eigenvalue weighted by atomic mass is 10.1. The van der Waals surface area contributed by atoms with Crippen LogP contribution in [0, 0.1) is 0 Å². The number of primary amides is 1. The molecule has 1 unspecified atom stereocenters. The molecule has 2 amide bonds. The van der Waals surface area contributed by atoms with Crippen LogP contribution in [0.25, 0.3) is 22.2 Å². The number of H-pyrrole nitrogens is 1. The van der Waals surface area contributed by atoms with Crippen molar-refractivity contribution in [2.24, 2.45) is 5.73 Å². The van der Waals surface area contributed by atoms with Crippen LogP contribution in [0.4, 0.5) is 10.5 Å². The monoisotopic (exact) mass is 395 g/mol. The third-order valence-corrected chi connectivity index (χ3v) is 5.78. The van der Waals surface area contributed by atoms with Gasteiger partial charge >= 0.3 is 6.03 Å². The highest BCUT2D eigenvalue weighted by atomic mass is 32.2. The van der Waals surface area contributed by atoms with E-state index in [-0.39, 0.29) is 6.04 Å². The normalized spacial score (nSPS) is 16.8. The number of hydrogen-bond donors (Lipinski definition) is 3. The molecule has 0 bridgehead atoms. The zero-order valence-corrected chi connectivity index (χ0v) is 16.9. The molecule has 1 aliphatic heterocycles. The average molecular weight is 396 g/mol. The highest BCUT2D eigenvalue weighted by Crippen LogP contribution is 2.37. The van der Waals surface area contributed by atoms with Crippen molar-refractivity contribution in [3.05, 3.63) is 48.5 Å². The summed E-state index contributed by atoms with van der Waals surface area (Å²) < 4.78 is 2.09. The zero-order valence-electron chi connectivity index (χ0n) is 16.1. The number of fused-ring (bicyclic) bond motifs is 1. The number of hydrogen-bond acceptors (Lipinski definition) is 4. The van der Waals surface area contributed by atoms with Gasteiger partial charge in [0.05, 0.1) is 0 Å². The first-order valence-corrected chi connectivity index (χ1v) is 10.2. The highest BCUT2D eigenvalue weighted by Gasteiger charge is 2.26. The van der Waals surface area contributed by atoms with E-state index in [1.807, 2.05) is 20.2 Å². The molecule has 0 saturated carbocycles. The average Bonchev–Trinajstić information content (AvgIpc) is 3.27. The van der Waals surface area contributed by atoms with Crippen LogP contribution in [0.3, 0.4) is 0 Å². The molecule has 4 rings (SSSR count). The molecule has 1 aliphatic rings. The van der Waals surface area contributed by atoms with Gasteiger partial charge in [0.1, 0.15) is 0 Å². The predicted molar refractivity (Wildman–Crippen MR) is 117 cm³/mol. The van der Waals surface area contributed by atoms with Crippen molar-refractivity contribution in [1.82, 2.24) is 14.6 Å². The Balaban J connectivity index is 1.72. The molecule has 4 N–H and O–H groups in total. The number of aromatic nitrogens is 1. The van der Waals surface area contributed by atoms with E-state index in [0.717, 1.165) is 30.7 Å². The summed E-state index contributed by atoms with van der Waals surface area (Å²) in [5.74, 6) is 0. The molecule has 7 heteroatoms. The lowest BCUT2D eigenvalue weighted by Crippen LogP contribution is -2.40. The summed E-state index contributed by atoms with van der Waals surface area (Å²) in [5, 5.41) is 4.04. The number of carbonyl (C=O) groups excluding carboxylic acids is 1. The number of carbonyl (C=O) groups is 1. The van der Waals surface area contributed by atoms with E-state index < -0.39 is 6.03 Å².